The number of ether oxygens (including phenoxy) is 1. The van der Waals surface area contributed by atoms with Crippen molar-refractivity contribution in [3.63, 3.8) is 0 Å². The molecule has 1 amide bonds. The molecule has 0 aliphatic heterocycles. The number of nitrogens with two attached hydrogens (primary N) is 1. The second kappa shape index (κ2) is 7.33. The maximum atomic E-state index is 12.2. The average Bonchev–Trinajstić information content (AvgIpc) is 2.51. The van der Waals surface area contributed by atoms with E-state index in [2.05, 4.69) is 0 Å². The van der Waals surface area contributed by atoms with Crippen LogP contribution in [0.25, 0.3) is 0 Å². The standard InChI is InChI=1S/C17H20N2O2/c1-2-19(15-6-4-3-5-7-15)17(20)12-13-21-16-10-8-14(18)9-11-16/h3-11H,2,12-13,18H2,1H3. The van der Waals surface area contributed by atoms with E-state index in [1.807, 2.05) is 37.3 Å². The molecule has 0 fully saturated rings. The highest BCUT2D eigenvalue weighted by Gasteiger charge is 2.13. The molecule has 0 saturated heterocycles. The van der Waals surface area contributed by atoms with Gasteiger partial charge in [0.25, 0.3) is 0 Å². The molecule has 2 rings (SSSR count). The Hall–Kier alpha value is -2.49. The van der Waals surface area contributed by atoms with Crippen LogP contribution in [0.15, 0.2) is 54.6 Å². The van der Waals surface area contributed by atoms with E-state index in [1.165, 1.54) is 0 Å². The Morgan fingerprint density at radius 3 is 2.38 bits per heavy atom. The largest absolute Gasteiger partial charge is 0.493 e. The van der Waals surface area contributed by atoms with Gasteiger partial charge < -0.3 is 15.4 Å². The third-order valence-corrected chi connectivity index (χ3v) is 3.15. The predicted octanol–water partition coefficient (Wildman–Crippen LogP) is 3.09. The summed E-state index contributed by atoms with van der Waals surface area (Å²) in [4.78, 5) is 14.0. The fourth-order valence-electron chi connectivity index (χ4n) is 2.07. The molecule has 0 aromatic heterocycles. The highest BCUT2D eigenvalue weighted by Crippen LogP contribution is 2.16. The zero-order valence-electron chi connectivity index (χ0n) is 12.2. The van der Waals surface area contributed by atoms with Crippen LogP contribution in [0, 0.1) is 0 Å². The van der Waals surface area contributed by atoms with Crippen molar-refractivity contribution >= 4 is 17.3 Å². The molecular weight excluding hydrogens is 264 g/mol. The lowest BCUT2D eigenvalue weighted by atomic mass is 10.2. The summed E-state index contributed by atoms with van der Waals surface area (Å²) in [5.41, 5.74) is 7.22. The Kier molecular flexibility index (Phi) is 5.21. The van der Waals surface area contributed by atoms with E-state index in [0.717, 1.165) is 11.4 Å². The fraction of sp³-hybridized carbons (Fsp3) is 0.235. The van der Waals surface area contributed by atoms with Crippen molar-refractivity contribution in [1.29, 1.82) is 0 Å². The van der Waals surface area contributed by atoms with E-state index in [0.29, 0.717) is 25.3 Å². The number of benzene rings is 2. The molecule has 21 heavy (non-hydrogen) atoms. The van der Waals surface area contributed by atoms with Crippen molar-refractivity contribution in [2.75, 3.05) is 23.8 Å². The number of hydrogen-bond donors (Lipinski definition) is 1. The Labute approximate surface area is 125 Å². The number of anilines is 2. The zero-order valence-corrected chi connectivity index (χ0v) is 12.2. The molecule has 0 aliphatic carbocycles. The summed E-state index contributed by atoms with van der Waals surface area (Å²) in [5, 5.41) is 0. The van der Waals surface area contributed by atoms with Crippen LogP contribution in [0.2, 0.25) is 0 Å². The van der Waals surface area contributed by atoms with E-state index >= 15 is 0 Å². The Balaban J connectivity index is 1.87. The molecule has 0 atom stereocenters. The summed E-state index contributed by atoms with van der Waals surface area (Å²) >= 11 is 0. The molecule has 110 valence electrons. The van der Waals surface area contributed by atoms with Crippen LogP contribution >= 0.6 is 0 Å². The van der Waals surface area contributed by atoms with Crippen molar-refractivity contribution in [3.8, 4) is 5.75 Å². The molecular formula is C17H20N2O2. The monoisotopic (exact) mass is 284 g/mol. The predicted molar refractivity (Wildman–Crippen MR) is 85.4 cm³/mol. The van der Waals surface area contributed by atoms with Gasteiger partial charge in [-0.2, -0.15) is 0 Å². The smallest absolute Gasteiger partial charge is 0.230 e. The van der Waals surface area contributed by atoms with Crippen LogP contribution in [0.1, 0.15) is 13.3 Å². The van der Waals surface area contributed by atoms with Crippen molar-refractivity contribution in [3.05, 3.63) is 54.6 Å². The van der Waals surface area contributed by atoms with E-state index in [1.54, 1.807) is 29.2 Å². The zero-order chi connectivity index (χ0) is 15.1. The van der Waals surface area contributed by atoms with E-state index in [4.69, 9.17) is 10.5 Å². The lowest BCUT2D eigenvalue weighted by Crippen LogP contribution is -2.31. The lowest BCUT2D eigenvalue weighted by molar-refractivity contribution is -0.119. The minimum absolute atomic E-state index is 0.0548. The van der Waals surface area contributed by atoms with E-state index in [9.17, 15) is 4.79 Å². The summed E-state index contributed by atoms with van der Waals surface area (Å²) in [6.45, 7) is 2.96. The molecule has 0 aliphatic rings. The molecule has 0 spiro atoms. The van der Waals surface area contributed by atoms with Gasteiger partial charge in [-0.15, -0.1) is 0 Å². The van der Waals surface area contributed by atoms with E-state index < -0.39 is 0 Å². The molecule has 4 heteroatoms. The van der Waals surface area contributed by atoms with Crippen molar-refractivity contribution in [1.82, 2.24) is 0 Å². The minimum atomic E-state index is 0.0548. The minimum Gasteiger partial charge on any atom is -0.493 e. The number of carbonyl (C=O) groups excluding carboxylic acids is 1. The van der Waals surface area contributed by atoms with Crippen LogP contribution in [-0.2, 0) is 4.79 Å². The number of hydrogen-bond acceptors (Lipinski definition) is 3. The summed E-state index contributed by atoms with van der Waals surface area (Å²) in [7, 11) is 0. The highest BCUT2D eigenvalue weighted by atomic mass is 16.5. The summed E-state index contributed by atoms with van der Waals surface area (Å²) in [6, 6.07) is 16.8. The maximum absolute atomic E-state index is 12.2. The first-order valence-electron chi connectivity index (χ1n) is 7.04. The average molecular weight is 284 g/mol. The molecule has 4 nitrogen and oxygen atoms in total. The third-order valence-electron chi connectivity index (χ3n) is 3.15. The molecule has 2 aromatic rings. The molecule has 0 saturated carbocycles. The van der Waals surface area contributed by atoms with Gasteiger partial charge in [-0.3, -0.25) is 4.79 Å². The first kappa shape index (κ1) is 14.9. The van der Waals surface area contributed by atoms with Crippen LogP contribution in [0.4, 0.5) is 11.4 Å². The molecule has 2 N–H and O–H groups in total. The quantitative estimate of drug-likeness (QED) is 0.829. The Bertz CT molecular complexity index is 567. The van der Waals surface area contributed by atoms with Gasteiger partial charge >= 0.3 is 0 Å². The lowest BCUT2D eigenvalue weighted by Gasteiger charge is -2.21. The SMILES string of the molecule is CCN(C(=O)CCOc1ccc(N)cc1)c1ccccc1. The molecule has 2 aromatic carbocycles. The summed E-state index contributed by atoms with van der Waals surface area (Å²) < 4.78 is 5.56. The summed E-state index contributed by atoms with van der Waals surface area (Å²) in [5.74, 6) is 0.777. The van der Waals surface area contributed by atoms with Crippen LogP contribution in [-0.4, -0.2) is 19.1 Å². The van der Waals surface area contributed by atoms with Gasteiger partial charge in [-0.25, -0.2) is 0 Å². The topological polar surface area (TPSA) is 55.6 Å². The van der Waals surface area contributed by atoms with Gasteiger partial charge in [-0.05, 0) is 43.3 Å². The first-order chi connectivity index (χ1) is 10.2. The van der Waals surface area contributed by atoms with Gasteiger partial charge in [0, 0.05) is 17.9 Å². The molecule has 0 unspecified atom stereocenters. The fourth-order valence-corrected chi connectivity index (χ4v) is 2.07. The van der Waals surface area contributed by atoms with Gasteiger partial charge in [-0.1, -0.05) is 18.2 Å². The summed E-state index contributed by atoms with van der Waals surface area (Å²) in [6.07, 6.45) is 0.340. The number of nitrogens with zero attached hydrogens (tertiary/aromatic N) is 1. The van der Waals surface area contributed by atoms with Gasteiger partial charge in [0.2, 0.25) is 5.91 Å². The normalized spacial score (nSPS) is 10.1. The number of amides is 1. The molecule has 0 bridgehead atoms. The first-order valence-corrected chi connectivity index (χ1v) is 7.04. The van der Waals surface area contributed by atoms with Crippen LogP contribution < -0.4 is 15.4 Å². The van der Waals surface area contributed by atoms with Crippen molar-refractivity contribution in [2.24, 2.45) is 0 Å². The maximum Gasteiger partial charge on any atom is 0.230 e. The van der Waals surface area contributed by atoms with Crippen molar-refractivity contribution < 1.29 is 9.53 Å². The third kappa shape index (κ3) is 4.24. The number of rotatable bonds is 6. The highest BCUT2D eigenvalue weighted by molar-refractivity contribution is 5.93. The molecule has 0 heterocycles. The second-order valence-corrected chi connectivity index (χ2v) is 4.64. The van der Waals surface area contributed by atoms with Crippen molar-refractivity contribution in [2.45, 2.75) is 13.3 Å². The second-order valence-electron chi connectivity index (χ2n) is 4.64. The molecule has 0 radical (unpaired) electrons. The van der Waals surface area contributed by atoms with Gasteiger partial charge in [0.05, 0.1) is 13.0 Å². The number of nitrogen functional groups attached to an aromatic ring is 1. The van der Waals surface area contributed by atoms with Gasteiger partial charge in [0.15, 0.2) is 0 Å². The number of para-hydroxylation sites is 1. The Morgan fingerprint density at radius 2 is 1.76 bits per heavy atom. The van der Waals surface area contributed by atoms with Crippen LogP contribution in [0.5, 0.6) is 5.75 Å². The number of carbonyl (C=O) groups is 1. The van der Waals surface area contributed by atoms with E-state index in [-0.39, 0.29) is 5.91 Å². The van der Waals surface area contributed by atoms with Crippen LogP contribution in [0.3, 0.4) is 0 Å². The Morgan fingerprint density at radius 1 is 1.10 bits per heavy atom. The van der Waals surface area contributed by atoms with Gasteiger partial charge in [0.1, 0.15) is 5.75 Å².